The number of rotatable bonds is 5. The fraction of sp³-hybridized carbons (Fsp3) is 0.120. The van der Waals surface area contributed by atoms with E-state index in [9.17, 15) is 14.0 Å². The number of hydrogen-bond donors (Lipinski definition) is 0. The van der Waals surface area contributed by atoms with Crippen LogP contribution in [0, 0.1) is 12.7 Å². The molecule has 3 aromatic carbocycles. The van der Waals surface area contributed by atoms with E-state index in [0.717, 1.165) is 11.3 Å². The van der Waals surface area contributed by atoms with Gasteiger partial charge in [0, 0.05) is 6.07 Å². The number of Topliss-reactive ketones (excluding diaryl/α,β-unsaturated/α-hetero) is 1. The van der Waals surface area contributed by atoms with Gasteiger partial charge < -0.3 is 14.2 Å². The molecule has 0 aromatic heterocycles. The maximum absolute atomic E-state index is 13.8. The van der Waals surface area contributed by atoms with Gasteiger partial charge in [-0.15, -0.1) is 0 Å². The lowest BCUT2D eigenvalue weighted by molar-refractivity contribution is 0.0729. The van der Waals surface area contributed by atoms with E-state index < -0.39 is 11.8 Å². The van der Waals surface area contributed by atoms with Gasteiger partial charge in [0.1, 0.15) is 23.1 Å². The van der Waals surface area contributed by atoms with Crippen LogP contribution >= 0.6 is 0 Å². The first-order valence-electron chi connectivity index (χ1n) is 9.74. The Balaban J connectivity index is 1.57. The molecule has 4 rings (SSSR count). The number of fused-ring (bicyclic) bond motifs is 1. The Labute approximate surface area is 178 Å². The highest BCUT2D eigenvalue weighted by molar-refractivity contribution is 6.15. The van der Waals surface area contributed by atoms with Crippen LogP contribution in [0.2, 0.25) is 0 Å². The normalized spacial score (nSPS) is 13.6. The molecule has 0 saturated heterocycles. The van der Waals surface area contributed by atoms with E-state index in [0.29, 0.717) is 23.5 Å². The van der Waals surface area contributed by atoms with Crippen molar-refractivity contribution in [3.8, 4) is 17.2 Å². The molecule has 0 bridgehead atoms. The van der Waals surface area contributed by atoms with Gasteiger partial charge in [-0.25, -0.2) is 9.18 Å². The molecule has 1 heterocycles. The minimum atomic E-state index is -0.827. The van der Waals surface area contributed by atoms with E-state index >= 15 is 0 Å². The van der Waals surface area contributed by atoms with Crippen molar-refractivity contribution in [3.63, 3.8) is 0 Å². The minimum absolute atomic E-state index is 0.166. The van der Waals surface area contributed by atoms with Crippen LogP contribution in [-0.4, -0.2) is 18.4 Å². The summed E-state index contributed by atoms with van der Waals surface area (Å²) in [4.78, 5) is 25.1. The van der Waals surface area contributed by atoms with Crippen LogP contribution in [0.25, 0.3) is 6.08 Å². The lowest BCUT2D eigenvalue weighted by Crippen LogP contribution is -2.10. The highest BCUT2D eigenvalue weighted by Crippen LogP contribution is 2.37. The number of hydrogen-bond acceptors (Lipinski definition) is 5. The van der Waals surface area contributed by atoms with Crippen molar-refractivity contribution in [2.24, 2.45) is 0 Å². The number of ketones is 1. The number of aryl methyl sites for hydroxylation is 1. The molecule has 0 spiro atoms. The Morgan fingerprint density at radius 1 is 1.06 bits per heavy atom. The maximum atomic E-state index is 13.8. The fourth-order valence-electron chi connectivity index (χ4n) is 3.30. The van der Waals surface area contributed by atoms with Crippen molar-refractivity contribution < 1.29 is 28.2 Å². The second kappa shape index (κ2) is 8.44. The van der Waals surface area contributed by atoms with Gasteiger partial charge in [0.25, 0.3) is 0 Å². The molecule has 0 saturated carbocycles. The van der Waals surface area contributed by atoms with Gasteiger partial charge in [-0.05, 0) is 61.4 Å². The topological polar surface area (TPSA) is 61.8 Å². The predicted molar refractivity (Wildman–Crippen MR) is 113 cm³/mol. The molecule has 0 fully saturated rings. The van der Waals surface area contributed by atoms with Gasteiger partial charge in [-0.3, -0.25) is 4.79 Å². The molecule has 1 aliphatic heterocycles. The largest absolute Gasteiger partial charge is 0.494 e. The Bertz CT molecular complexity index is 1200. The number of carbonyl (C=O) groups is 2. The van der Waals surface area contributed by atoms with Crippen molar-refractivity contribution in [1.82, 2.24) is 0 Å². The van der Waals surface area contributed by atoms with E-state index in [4.69, 9.17) is 14.2 Å². The third kappa shape index (κ3) is 4.19. The zero-order valence-corrected chi connectivity index (χ0v) is 17.0. The molecule has 1 aliphatic rings. The number of carbonyl (C=O) groups excluding carboxylic acids is 2. The van der Waals surface area contributed by atoms with Crippen molar-refractivity contribution in [2.75, 3.05) is 6.61 Å². The molecular weight excluding hydrogens is 399 g/mol. The second-order valence-corrected chi connectivity index (χ2v) is 6.92. The predicted octanol–water partition coefficient (Wildman–Crippen LogP) is 5.37. The van der Waals surface area contributed by atoms with Crippen LogP contribution in [0.15, 0.2) is 66.4 Å². The molecule has 0 aliphatic carbocycles. The first-order chi connectivity index (χ1) is 15.0. The lowest BCUT2D eigenvalue weighted by atomic mass is 10.0. The van der Waals surface area contributed by atoms with Crippen molar-refractivity contribution in [2.45, 2.75) is 13.8 Å². The van der Waals surface area contributed by atoms with Crippen LogP contribution in [-0.2, 0) is 0 Å². The molecule has 31 heavy (non-hydrogen) atoms. The number of benzene rings is 3. The van der Waals surface area contributed by atoms with Crippen molar-refractivity contribution in [3.05, 3.63) is 94.5 Å². The second-order valence-electron chi connectivity index (χ2n) is 6.92. The molecule has 3 aromatic rings. The summed E-state index contributed by atoms with van der Waals surface area (Å²) in [6.45, 7) is 4.20. The molecule has 0 N–H and O–H groups in total. The summed E-state index contributed by atoms with van der Waals surface area (Å²) in [5.74, 6) is -0.389. The Morgan fingerprint density at radius 2 is 1.81 bits per heavy atom. The molecule has 156 valence electrons. The third-order valence-corrected chi connectivity index (χ3v) is 4.74. The van der Waals surface area contributed by atoms with Gasteiger partial charge >= 0.3 is 5.97 Å². The van der Waals surface area contributed by atoms with Crippen LogP contribution in [0.5, 0.6) is 17.2 Å². The molecule has 0 unspecified atom stereocenters. The quantitative estimate of drug-likeness (QED) is 0.317. The maximum Gasteiger partial charge on any atom is 0.346 e. The molecule has 0 atom stereocenters. The number of ether oxygens (including phenoxy) is 3. The van der Waals surface area contributed by atoms with Gasteiger partial charge in [-0.1, -0.05) is 24.3 Å². The zero-order chi connectivity index (χ0) is 22.0. The Kier molecular flexibility index (Phi) is 5.54. The first-order valence-corrected chi connectivity index (χ1v) is 9.74. The molecule has 0 amide bonds. The molecule has 6 heteroatoms. The van der Waals surface area contributed by atoms with E-state index in [2.05, 4.69) is 0 Å². The standard InChI is InChI=1S/C25H19FO5/c1-3-29-17-10-8-16(9-11-17)13-22-24(27)23-15(2)12-18(14-21(23)31-22)30-25(28)19-6-4-5-7-20(19)26/h4-14H,3H2,1-2H3/b22-13-. The lowest BCUT2D eigenvalue weighted by Gasteiger charge is -2.08. The molecule has 0 radical (unpaired) electrons. The summed E-state index contributed by atoms with van der Waals surface area (Å²) in [5, 5.41) is 0. The van der Waals surface area contributed by atoms with Crippen molar-refractivity contribution in [1.29, 1.82) is 0 Å². The third-order valence-electron chi connectivity index (χ3n) is 4.74. The summed E-state index contributed by atoms with van der Waals surface area (Å²) >= 11 is 0. The number of allylic oxidation sites excluding steroid dienone is 1. The summed E-state index contributed by atoms with van der Waals surface area (Å²) in [6.07, 6.45) is 1.64. The van der Waals surface area contributed by atoms with Crippen LogP contribution in [0.3, 0.4) is 0 Å². The average molecular weight is 418 g/mol. The number of halogens is 1. The van der Waals surface area contributed by atoms with Gasteiger partial charge in [0.2, 0.25) is 5.78 Å². The van der Waals surface area contributed by atoms with E-state index in [-0.39, 0.29) is 22.9 Å². The summed E-state index contributed by atoms with van der Waals surface area (Å²) < 4.78 is 30.3. The van der Waals surface area contributed by atoms with Gasteiger partial charge in [0.15, 0.2) is 5.76 Å². The number of esters is 1. The minimum Gasteiger partial charge on any atom is -0.494 e. The highest BCUT2D eigenvalue weighted by Gasteiger charge is 2.30. The molecular formula is C25H19FO5. The zero-order valence-electron chi connectivity index (χ0n) is 17.0. The van der Waals surface area contributed by atoms with E-state index in [1.54, 1.807) is 25.1 Å². The van der Waals surface area contributed by atoms with E-state index in [1.165, 1.54) is 24.3 Å². The summed E-state index contributed by atoms with van der Waals surface area (Å²) in [5.41, 5.74) is 1.61. The Morgan fingerprint density at radius 3 is 2.52 bits per heavy atom. The SMILES string of the molecule is CCOc1ccc(/C=C2\Oc3cc(OC(=O)c4ccccc4F)cc(C)c3C2=O)cc1. The summed E-state index contributed by atoms with van der Waals surface area (Å²) in [6, 6.07) is 15.9. The molecule has 5 nitrogen and oxygen atoms in total. The average Bonchev–Trinajstić information content (AvgIpc) is 3.05. The van der Waals surface area contributed by atoms with Crippen LogP contribution < -0.4 is 14.2 Å². The Hall–Kier alpha value is -3.93. The van der Waals surface area contributed by atoms with Crippen molar-refractivity contribution >= 4 is 17.8 Å². The fourth-order valence-corrected chi connectivity index (χ4v) is 3.30. The van der Waals surface area contributed by atoms with Gasteiger partial charge in [0.05, 0.1) is 17.7 Å². The van der Waals surface area contributed by atoms with Crippen LogP contribution in [0.4, 0.5) is 4.39 Å². The smallest absolute Gasteiger partial charge is 0.346 e. The first kappa shape index (κ1) is 20.3. The summed E-state index contributed by atoms with van der Waals surface area (Å²) in [7, 11) is 0. The van der Waals surface area contributed by atoms with E-state index in [1.807, 2.05) is 31.2 Å². The highest BCUT2D eigenvalue weighted by atomic mass is 19.1. The van der Waals surface area contributed by atoms with Crippen LogP contribution in [0.1, 0.15) is 38.8 Å². The van der Waals surface area contributed by atoms with Gasteiger partial charge in [-0.2, -0.15) is 0 Å². The monoisotopic (exact) mass is 418 g/mol.